The van der Waals surface area contributed by atoms with Gasteiger partial charge in [0.05, 0.1) is 18.2 Å². The molecule has 3 rings (SSSR count). The van der Waals surface area contributed by atoms with E-state index < -0.39 is 5.41 Å². The molecule has 1 aliphatic heterocycles. The number of benzene rings is 1. The number of ether oxygens (including phenoxy) is 1. The zero-order chi connectivity index (χ0) is 18.4. The van der Waals surface area contributed by atoms with Gasteiger partial charge in [0.15, 0.2) is 0 Å². The minimum Gasteiger partial charge on any atom is -0.487 e. The summed E-state index contributed by atoms with van der Waals surface area (Å²) >= 11 is 0. The Labute approximate surface area is 155 Å². The number of likely N-dealkylation sites (tertiary alicyclic amines) is 1. The number of hydrogen-bond donors (Lipinski definition) is 1. The SMILES string of the molecule is C[C@@H](CNC(=O)C1(c2ccccc2)CCN(C)CC1)Oc1cccnc1. The molecule has 0 saturated carbocycles. The Morgan fingerprint density at radius 2 is 1.96 bits per heavy atom. The summed E-state index contributed by atoms with van der Waals surface area (Å²) in [5, 5.41) is 3.12. The minimum atomic E-state index is -0.457. The summed E-state index contributed by atoms with van der Waals surface area (Å²) in [5.74, 6) is 0.810. The molecule has 0 bridgehead atoms. The molecule has 1 saturated heterocycles. The summed E-state index contributed by atoms with van der Waals surface area (Å²) < 4.78 is 5.82. The van der Waals surface area contributed by atoms with Crippen LogP contribution < -0.4 is 10.1 Å². The number of rotatable bonds is 6. The zero-order valence-corrected chi connectivity index (χ0v) is 15.5. The van der Waals surface area contributed by atoms with Crippen LogP contribution in [0, 0.1) is 0 Å². The van der Waals surface area contributed by atoms with E-state index in [4.69, 9.17) is 4.74 Å². The number of carbonyl (C=O) groups excluding carboxylic acids is 1. The molecule has 1 fully saturated rings. The Balaban J connectivity index is 1.66. The molecule has 138 valence electrons. The monoisotopic (exact) mass is 353 g/mol. The molecule has 0 spiro atoms. The number of aromatic nitrogens is 1. The topological polar surface area (TPSA) is 54.5 Å². The second-order valence-electron chi connectivity index (χ2n) is 7.08. The van der Waals surface area contributed by atoms with Crippen LogP contribution in [0.2, 0.25) is 0 Å². The van der Waals surface area contributed by atoms with Gasteiger partial charge in [-0.1, -0.05) is 30.3 Å². The normalized spacial score (nSPS) is 18.1. The van der Waals surface area contributed by atoms with Crippen LogP contribution in [-0.4, -0.2) is 48.6 Å². The van der Waals surface area contributed by atoms with Crippen molar-refractivity contribution in [3.8, 4) is 5.75 Å². The maximum Gasteiger partial charge on any atom is 0.230 e. The summed E-state index contributed by atoms with van der Waals surface area (Å²) in [4.78, 5) is 19.5. The summed E-state index contributed by atoms with van der Waals surface area (Å²) in [6.07, 6.45) is 4.93. The van der Waals surface area contributed by atoms with E-state index in [-0.39, 0.29) is 12.0 Å². The van der Waals surface area contributed by atoms with Gasteiger partial charge in [0, 0.05) is 6.20 Å². The predicted octanol–water partition coefficient (Wildman–Crippen LogP) is 2.63. The van der Waals surface area contributed by atoms with Crippen molar-refractivity contribution in [1.29, 1.82) is 0 Å². The van der Waals surface area contributed by atoms with Crippen molar-refractivity contribution in [2.75, 3.05) is 26.7 Å². The first-order valence-corrected chi connectivity index (χ1v) is 9.19. The Kier molecular flexibility index (Phi) is 5.89. The van der Waals surface area contributed by atoms with Crippen molar-refractivity contribution in [2.24, 2.45) is 0 Å². The van der Waals surface area contributed by atoms with Gasteiger partial charge in [-0.2, -0.15) is 0 Å². The number of nitrogens with one attached hydrogen (secondary N) is 1. The van der Waals surface area contributed by atoms with E-state index in [1.807, 2.05) is 37.3 Å². The molecule has 0 radical (unpaired) electrons. The third-order valence-electron chi connectivity index (χ3n) is 5.12. The molecular formula is C21H27N3O2. The lowest BCUT2D eigenvalue weighted by Crippen LogP contribution is -2.52. The molecule has 0 aliphatic carbocycles. The summed E-state index contributed by atoms with van der Waals surface area (Å²) in [5.41, 5.74) is 0.647. The summed E-state index contributed by atoms with van der Waals surface area (Å²) in [6, 6.07) is 13.9. The lowest BCUT2D eigenvalue weighted by molar-refractivity contribution is -0.128. The fraction of sp³-hybridized carbons (Fsp3) is 0.429. The molecular weight excluding hydrogens is 326 g/mol. The Hall–Kier alpha value is -2.40. The first-order valence-electron chi connectivity index (χ1n) is 9.19. The van der Waals surface area contributed by atoms with Gasteiger partial charge in [0.1, 0.15) is 11.9 Å². The minimum absolute atomic E-state index is 0.0958. The molecule has 0 unspecified atom stereocenters. The Morgan fingerprint density at radius 3 is 2.62 bits per heavy atom. The predicted molar refractivity (Wildman–Crippen MR) is 102 cm³/mol. The van der Waals surface area contributed by atoms with Gasteiger partial charge in [-0.05, 0) is 57.6 Å². The number of hydrogen-bond acceptors (Lipinski definition) is 4. The lowest BCUT2D eigenvalue weighted by Gasteiger charge is -2.40. The van der Waals surface area contributed by atoms with Crippen LogP contribution in [0.4, 0.5) is 0 Å². The number of piperidine rings is 1. The van der Waals surface area contributed by atoms with E-state index in [0.717, 1.165) is 31.5 Å². The fourth-order valence-electron chi connectivity index (χ4n) is 3.50. The Bertz CT molecular complexity index is 698. The van der Waals surface area contributed by atoms with Crippen molar-refractivity contribution in [3.05, 3.63) is 60.4 Å². The van der Waals surface area contributed by atoms with Gasteiger partial charge in [0.25, 0.3) is 0 Å². The zero-order valence-electron chi connectivity index (χ0n) is 15.5. The van der Waals surface area contributed by atoms with Crippen molar-refractivity contribution in [1.82, 2.24) is 15.2 Å². The van der Waals surface area contributed by atoms with Crippen molar-refractivity contribution in [3.63, 3.8) is 0 Å². The highest BCUT2D eigenvalue weighted by atomic mass is 16.5. The number of nitrogens with zero attached hydrogens (tertiary/aromatic N) is 2. The van der Waals surface area contributed by atoms with Crippen LogP contribution in [0.15, 0.2) is 54.9 Å². The first kappa shape index (κ1) is 18.4. The van der Waals surface area contributed by atoms with Crippen LogP contribution in [-0.2, 0) is 10.2 Å². The summed E-state index contributed by atoms with van der Waals surface area (Å²) in [6.45, 7) is 4.27. The first-order chi connectivity index (χ1) is 12.6. The average Bonchev–Trinajstić information content (AvgIpc) is 2.68. The van der Waals surface area contributed by atoms with Crippen LogP contribution in [0.3, 0.4) is 0 Å². The molecule has 1 amide bonds. The van der Waals surface area contributed by atoms with Crippen LogP contribution >= 0.6 is 0 Å². The highest BCUT2D eigenvalue weighted by Crippen LogP contribution is 2.35. The van der Waals surface area contributed by atoms with Gasteiger partial charge in [-0.25, -0.2) is 0 Å². The third kappa shape index (κ3) is 4.22. The highest BCUT2D eigenvalue weighted by Gasteiger charge is 2.42. The number of pyridine rings is 1. The van der Waals surface area contributed by atoms with Gasteiger partial charge in [0.2, 0.25) is 5.91 Å². The number of amides is 1. The molecule has 1 N–H and O–H groups in total. The van der Waals surface area contributed by atoms with Crippen molar-refractivity contribution < 1.29 is 9.53 Å². The lowest BCUT2D eigenvalue weighted by atomic mass is 9.72. The standard InChI is InChI=1S/C21H27N3O2/c1-17(26-19-9-6-12-22-16-19)15-23-20(25)21(10-13-24(2)14-11-21)18-7-4-3-5-8-18/h3-9,12,16-17H,10-11,13-15H2,1-2H3,(H,23,25)/t17-/m0/s1. The van der Waals surface area contributed by atoms with Crippen LogP contribution in [0.5, 0.6) is 5.75 Å². The second kappa shape index (κ2) is 8.32. The van der Waals surface area contributed by atoms with Crippen LogP contribution in [0.1, 0.15) is 25.3 Å². The van der Waals surface area contributed by atoms with E-state index in [1.165, 1.54) is 0 Å². The second-order valence-corrected chi connectivity index (χ2v) is 7.08. The highest BCUT2D eigenvalue weighted by molar-refractivity contribution is 5.88. The van der Waals surface area contributed by atoms with Crippen molar-refractivity contribution in [2.45, 2.75) is 31.3 Å². The van der Waals surface area contributed by atoms with E-state index in [2.05, 4.69) is 34.4 Å². The molecule has 5 nitrogen and oxygen atoms in total. The quantitative estimate of drug-likeness (QED) is 0.867. The van der Waals surface area contributed by atoms with Gasteiger partial charge in [-0.15, -0.1) is 0 Å². The molecule has 1 aromatic carbocycles. The van der Waals surface area contributed by atoms with E-state index >= 15 is 0 Å². The average molecular weight is 353 g/mol. The maximum atomic E-state index is 13.2. The molecule has 1 aromatic heterocycles. The molecule has 1 aliphatic rings. The maximum absolute atomic E-state index is 13.2. The van der Waals surface area contributed by atoms with Crippen LogP contribution in [0.25, 0.3) is 0 Å². The molecule has 2 heterocycles. The largest absolute Gasteiger partial charge is 0.487 e. The van der Waals surface area contributed by atoms with Gasteiger partial charge < -0.3 is 15.0 Å². The molecule has 1 atom stereocenters. The van der Waals surface area contributed by atoms with E-state index in [9.17, 15) is 4.79 Å². The number of carbonyl (C=O) groups is 1. The van der Waals surface area contributed by atoms with Gasteiger partial charge in [-0.3, -0.25) is 9.78 Å². The third-order valence-corrected chi connectivity index (χ3v) is 5.12. The smallest absolute Gasteiger partial charge is 0.230 e. The summed E-state index contributed by atoms with van der Waals surface area (Å²) in [7, 11) is 2.11. The molecule has 2 aromatic rings. The van der Waals surface area contributed by atoms with Crippen molar-refractivity contribution >= 4 is 5.91 Å². The van der Waals surface area contributed by atoms with E-state index in [1.54, 1.807) is 12.4 Å². The van der Waals surface area contributed by atoms with Gasteiger partial charge >= 0.3 is 0 Å². The van der Waals surface area contributed by atoms with E-state index in [0.29, 0.717) is 12.3 Å². The molecule has 5 heteroatoms. The molecule has 26 heavy (non-hydrogen) atoms. The Morgan fingerprint density at radius 1 is 1.23 bits per heavy atom. The fourth-order valence-corrected chi connectivity index (χ4v) is 3.50.